The summed E-state index contributed by atoms with van der Waals surface area (Å²) in [5, 5.41) is 5.41. The average molecular weight is 322 g/mol. The number of urea groups is 1. The van der Waals surface area contributed by atoms with E-state index in [1.165, 1.54) is 0 Å². The van der Waals surface area contributed by atoms with Crippen LogP contribution in [0.2, 0.25) is 0 Å². The maximum absolute atomic E-state index is 11.8. The van der Waals surface area contributed by atoms with Crippen LogP contribution in [0.15, 0.2) is 24.3 Å². The van der Waals surface area contributed by atoms with Gasteiger partial charge in [-0.2, -0.15) is 0 Å². The Kier molecular flexibility index (Phi) is 5.57. The second-order valence-corrected chi connectivity index (χ2v) is 5.58. The fourth-order valence-corrected chi connectivity index (χ4v) is 2.15. The molecule has 1 unspecified atom stereocenters. The highest BCUT2D eigenvalue weighted by Crippen LogP contribution is 2.21. The van der Waals surface area contributed by atoms with Crippen LogP contribution in [0.3, 0.4) is 0 Å². The molecule has 0 spiro atoms. The third-order valence-electron chi connectivity index (χ3n) is 3.21. The van der Waals surface area contributed by atoms with Gasteiger partial charge in [0.25, 0.3) is 0 Å². The lowest BCUT2D eigenvalue weighted by Gasteiger charge is -2.17. The first kappa shape index (κ1) is 17.2. The number of benzene rings is 1. The van der Waals surface area contributed by atoms with Crippen molar-refractivity contribution in [3.8, 4) is 0 Å². The topological polar surface area (TPSA) is 85.9 Å². The number of rotatable bonds is 5. The number of hydrogen-bond acceptors (Lipinski definition) is 5. The minimum absolute atomic E-state index is 0.165. The van der Waals surface area contributed by atoms with Crippen molar-refractivity contribution in [1.29, 1.82) is 0 Å². The van der Waals surface area contributed by atoms with Crippen molar-refractivity contribution in [2.75, 3.05) is 25.1 Å². The van der Waals surface area contributed by atoms with Crippen LogP contribution in [0.5, 0.6) is 0 Å². The van der Waals surface area contributed by atoms with Crippen molar-refractivity contribution < 1.29 is 23.8 Å². The lowest BCUT2D eigenvalue weighted by molar-refractivity contribution is -0.137. The van der Waals surface area contributed by atoms with E-state index in [0.717, 1.165) is 0 Å². The van der Waals surface area contributed by atoms with Crippen LogP contribution in [0.4, 0.5) is 10.5 Å². The standard InChI is InChI=1S/C16H22N2O5/c1-4-21-14(19)11-5-7-12(8-6-11)18-15(20)17-9-13-10-22-16(2,3)23-13/h5-8,13H,4,9-10H2,1-3H3,(H2,17,18,20). The summed E-state index contributed by atoms with van der Waals surface area (Å²) in [6, 6.07) is 6.14. The lowest BCUT2D eigenvalue weighted by Crippen LogP contribution is -2.37. The van der Waals surface area contributed by atoms with Crippen molar-refractivity contribution in [3.05, 3.63) is 29.8 Å². The van der Waals surface area contributed by atoms with Crippen molar-refractivity contribution in [3.63, 3.8) is 0 Å². The molecule has 1 fully saturated rings. The fourth-order valence-electron chi connectivity index (χ4n) is 2.15. The van der Waals surface area contributed by atoms with Crippen molar-refractivity contribution in [2.24, 2.45) is 0 Å². The largest absolute Gasteiger partial charge is 0.462 e. The number of nitrogens with one attached hydrogen (secondary N) is 2. The molecule has 1 aliphatic heterocycles. The molecule has 0 saturated carbocycles. The molecule has 2 amide bonds. The summed E-state index contributed by atoms with van der Waals surface area (Å²) in [5.74, 6) is -0.990. The number of carbonyl (C=O) groups excluding carboxylic acids is 2. The van der Waals surface area contributed by atoms with Gasteiger partial charge in [-0.15, -0.1) is 0 Å². The first-order valence-electron chi connectivity index (χ1n) is 7.53. The zero-order valence-electron chi connectivity index (χ0n) is 13.5. The number of carbonyl (C=O) groups is 2. The number of hydrogen-bond donors (Lipinski definition) is 2. The summed E-state index contributed by atoms with van der Waals surface area (Å²) < 4.78 is 15.9. The third kappa shape index (κ3) is 5.22. The molecule has 126 valence electrons. The van der Waals surface area contributed by atoms with Crippen LogP contribution in [0, 0.1) is 0 Å². The molecule has 1 atom stereocenters. The smallest absolute Gasteiger partial charge is 0.338 e. The molecule has 2 N–H and O–H groups in total. The summed E-state index contributed by atoms with van der Waals surface area (Å²) in [7, 11) is 0. The van der Waals surface area contributed by atoms with Crippen LogP contribution in [-0.2, 0) is 14.2 Å². The maximum Gasteiger partial charge on any atom is 0.338 e. The van der Waals surface area contributed by atoms with Gasteiger partial charge in [0.1, 0.15) is 6.10 Å². The highest BCUT2D eigenvalue weighted by molar-refractivity contribution is 5.92. The summed E-state index contributed by atoms with van der Waals surface area (Å²) in [6.07, 6.45) is -0.165. The van der Waals surface area contributed by atoms with E-state index in [4.69, 9.17) is 14.2 Å². The zero-order chi connectivity index (χ0) is 16.9. The van der Waals surface area contributed by atoms with Crippen molar-refractivity contribution in [2.45, 2.75) is 32.7 Å². The van der Waals surface area contributed by atoms with Crippen LogP contribution >= 0.6 is 0 Å². The maximum atomic E-state index is 11.8. The van der Waals surface area contributed by atoms with E-state index < -0.39 is 5.79 Å². The summed E-state index contributed by atoms with van der Waals surface area (Å²) in [6.45, 7) is 6.54. The lowest BCUT2D eigenvalue weighted by atomic mass is 10.2. The molecule has 0 aliphatic carbocycles. The second-order valence-electron chi connectivity index (χ2n) is 5.58. The molecule has 1 heterocycles. The Morgan fingerprint density at radius 3 is 2.57 bits per heavy atom. The first-order valence-corrected chi connectivity index (χ1v) is 7.53. The molecule has 2 rings (SSSR count). The molecule has 7 nitrogen and oxygen atoms in total. The van der Waals surface area contributed by atoms with E-state index >= 15 is 0 Å². The minimum Gasteiger partial charge on any atom is -0.462 e. The van der Waals surface area contributed by atoms with Crippen LogP contribution in [0.1, 0.15) is 31.1 Å². The first-order chi connectivity index (χ1) is 10.9. The second kappa shape index (κ2) is 7.43. The molecule has 1 aromatic rings. The molecule has 0 bridgehead atoms. The van der Waals surface area contributed by atoms with E-state index in [1.807, 2.05) is 13.8 Å². The Hall–Kier alpha value is -2.12. The zero-order valence-corrected chi connectivity index (χ0v) is 13.5. The van der Waals surface area contributed by atoms with Gasteiger partial charge in [0.2, 0.25) is 0 Å². The number of ether oxygens (including phenoxy) is 3. The van der Waals surface area contributed by atoms with Crippen molar-refractivity contribution in [1.82, 2.24) is 5.32 Å². The highest BCUT2D eigenvalue weighted by Gasteiger charge is 2.32. The summed E-state index contributed by atoms with van der Waals surface area (Å²) >= 11 is 0. The Labute approximate surface area is 135 Å². The van der Waals surface area contributed by atoms with Gasteiger partial charge in [-0.1, -0.05) is 0 Å². The molecule has 0 radical (unpaired) electrons. The molecule has 7 heteroatoms. The molecule has 1 saturated heterocycles. The Balaban J connectivity index is 1.78. The Morgan fingerprint density at radius 2 is 2.00 bits per heavy atom. The average Bonchev–Trinajstić information content (AvgIpc) is 2.85. The fraction of sp³-hybridized carbons (Fsp3) is 0.500. The van der Waals surface area contributed by atoms with Crippen LogP contribution < -0.4 is 10.6 Å². The predicted molar refractivity (Wildman–Crippen MR) is 84.3 cm³/mol. The highest BCUT2D eigenvalue weighted by atomic mass is 16.7. The Bertz CT molecular complexity index is 556. The minimum atomic E-state index is -0.605. The van der Waals surface area contributed by atoms with Gasteiger partial charge >= 0.3 is 12.0 Å². The van der Waals surface area contributed by atoms with Gasteiger partial charge in [0.15, 0.2) is 5.79 Å². The van der Waals surface area contributed by atoms with Gasteiger partial charge in [-0.3, -0.25) is 0 Å². The predicted octanol–water partition coefficient (Wildman–Crippen LogP) is 2.14. The van der Waals surface area contributed by atoms with Crippen LogP contribution in [-0.4, -0.2) is 43.7 Å². The monoisotopic (exact) mass is 322 g/mol. The van der Waals surface area contributed by atoms with Gasteiger partial charge in [-0.05, 0) is 45.0 Å². The third-order valence-corrected chi connectivity index (χ3v) is 3.21. The van der Waals surface area contributed by atoms with E-state index in [-0.39, 0.29) is 18.1 Å². The van der Waals surface area contributed by atoms with Gasteiger partial charge < -0.3 is 24.8 Å². The van der Waals surface area contributed by atoms with Gasteiger partial charge in [0.05, 0.1) is 18.8 Å². The van der Waals surface area contributed by atoms with Crippen molar-refractivity contribution >= 4 is 17.7 Å². The van der Waals surface area contributed by atoms with E-state index in [0.29, 0.717) is 31.0 Å². The molecule has 1 aliphatic rings. The summed E-state index contributed by atoms with van der Waals surface area (Å²) in [4.78, 5) is 23.4. The number of amides is 2. The quantitative estimate of drug-likeness (QED) is 0.811. The van der Waals surface area contributed by atoms with Gasteiger partial charge in [-0.25, -0.2) is 9.59 Å². The number of anilines is 1. The molecule has 23 heavy (non-hydrogen) atoms. The van der Waals surface area contributed by atoms with Crippen LogP contribution in [0.25, 0.3) is 0 Å². The van der Waals surface area contributed by atoms with E-state index in [1.54, 1.807) is 31.2 Å². The molecular weight excluding hydrogens is 300 g/mol. The normalized spacial score (nSPS) is 19.2. The van der Waals surface area contributed by atoms with Gasteiger partial charge in [0, 0.05) is 12.2 Å². The van der Waals surface area contributed by atoms with E-state index in [2.05, 4.69) is 10.6 Å². The Morgan fingerprint density at radius 1 is 1.30 bits per heavy atom. The molecule has 1 aromatic carbocycles. The number of esters is 1. The summed E-state index contributed by atoms with van der Waals surface area (Å²) in [5.41, 5.74) is 1.02. The molecular formula is C16H22N2O5. The molecule has 0 aromatic heterocycles. The van der Waals surface area contributed by atoms with E-state index in [9.17, 15) is 9.59 Å². The SMILES string of the molecule is CCOC(=O)c1ccc(NC(=O)NCC2COC(C)(C)O2)cc1.